The summed E-state index contributed by atoms with van der Waals surface area (Å²) in [7, 11) is 0. The highest BCUT2D eigenvalue weighted by atomic mass is 32.1. The molecule has 2 aliphatic rings. The summed E-state index contributed by atoms with van der Waals surface area (Å²) < 4.78 is 14.1. The van der Waals surface area contributed by atoms with E-state index in [0.717, 1.165) is 55.6 Å². The van der Waals surface area contributed by atoms with Gasteiger partial charge in [-0.15, -0.1) is 11.3 Å². The van der Waals surface area contributed by atoms with Gasteiger partial charge in [0.25, 0.3) is 5.91 Å². The maximum Gasteiger partial charge on any atom is 0.259 e. The Labute approximate surface area is 187 Å². The van der Waals surface area contributed by atoms with E-state index in [9.17, 15) is 14.0 Å². The van der Waals surface area contributed by atoms with Crippen molar-refractivity contribution < 1.29 is 14.0 Å². The highest BCUT2D eigenvalue weighted by Gasteiger charge is 2.29. The van der Waals surface area contributed by atoms with Gasteiger partial charge in [0, 0.05) is 4.88 Å². The molecule has 1 saturated heterocycles. The number of rotatable bonds is 5. The van der Waals surface area contributed by atoms with Crippen molar-refractivity contribution in [3.05, 3.63) is 46.1 Å². The topological polar surface area (TPSA) is 61.4 Å². The monoisotopic (exact) mass is 443 g/mol. The van der Waals surface area contributed by atoms with Crippen molar-refractivity contribution in [1.29, 1.82) is 0 Å². The molecule has 0 saturated carbocycles. The van der Waals surface area contributed by atoms with E-state index in [1.54, 1.807) is 18.2 Å². The number of nitrogens with zero attached hydrogens (tertiary/aromatic N) is 1. The molecule has 5 nitrogen and oxygen atoms in total. The second-order valence-electron chi connectivity index (χ2n) is 8.73. The molecule has 1 fully saturated rings. The van der Waals surface area contributed by atoms with Crippen LogP contribution in [-0.2, 0) is 17.6 Å². The first-order valence-corrected chi connectivity index (χ1v) is 12.1. The van der Waals surface area contributed by atoms with Crippen LogP contribution in [0.4, 0.5) is 15.1 Å². The van der Waals surface area contributed by atoms with E-state index in [1.807, 2.05) is 0 Å². The largest absolute Gasteiger partial charge is 0.319 e. The Hall–Kier alpha value is -2.25. The number of carbonyl (C=O) groups is 2. The third kappa shape index (κ3) is 5.33. The van der Waals surface area contributed by atoms with Crippen LogP contribution in [0.3, 0.4) is 0 Å². The zero-order valence-electron chi connectivity index (χ0n) is 18.0. The van der Waals surface area contributed by atoms with Crippen molar-refractivity contribution in [3.8, 4) is 0 Å². The minimum absolute atomic E-state index is 0.0894. The lowest BCUT2D eigenvalue weighted by Crippen LogP contribution is -2.34. The number of benzene rings is 1. The first-order chi connectivity index (χ1) is 15.0. The Morgan fingerprint density at radius 2 is 1.87 bits per heavy atom. The van der Waals surface area contributed by atoms with Crippen molar-refractivity contribution in [2.45, 2.75) is 51.9 Å². The molecular weight excluding hydrogens is 413 g/mol. The summed E-state index contributed by atoms with van der Waals surface area (Å²) in [6.07, 6.45) is 7.38. The average Bonchev–Trinajstić information content (AvgIpc) is 2.89. The number of fused-ring (bicyclic) bond motifs is 1. The Bertz CT molecular complexity index is 950. The number of nitrogens with one attached hydrogen (secondary N) is 2. The quantitative estimate of drug-likeness (QED) is 0.678. The van der Waals surface area contributed by atoms with Crippen LogP contribution in [0.2, 0.25) is 0 Å². The molecule has 0 bridgehead atoms. The summed E-state index contributed by atoms with van der Waals surface area (Å²) in [5.74, 6) is -0.370. The van der Waals surface area contributed by atoms with E-state index in [1.165, 1.54) is 30.2 Å². The molecule has 1 aliphatic heterocycles. The second kappa shape index (κ2) is 9.92. The van der Waals surface area contributed by atoms with E-state index >= 15 is 0 Å². The fourth-order valence-corrected chi connectivity index (χ4v) is 5.91. The summed E-state index contributed by atoms with van der Waals surface area (Å²) in [6.45, 7) is 4.42. The molecule has 2 N–H and O–H groups in total. The van der Waals surface area contributed by atoms with Crippen LogP contribution < -0.4 is 10.6 Å². The van der Waals surface area contributed by atoms with Crippen LogP contribution in [0.25, 0.3) is 0 Å². The summed E-state index contributed by atoms with van der Waals surface area (Å²) in [5.41, 5.74) is 1.65. The fraction of sp³-hybridized carbons (Fsp3) is 0.500. The zero-order valence-corrected chi connectivity index (χ0v) is 18.8. The van der Waals surface area contributed by atoms with Crippen LogP contribution in [-0.4, -0.2) is 36.3 Å². The van der Waals surface area contributed by atoms with Gasteiger partial charge < -0.3 is 10.6 Å². The van der Waals surface area contributed by atoms with Crippen molar-refractivity contribution in [3.63, 3.8) is 0 Å². The van der Waals surface area contributed by atoms with Gasteiger partial charge in [-0.3, -0.25) is 14.5 Å². The number of hydrogen-bond acceptors (Lipinski definition) is 4. The first-order valence-electron chi connectivity index (χ1n) is 11.2. The molecule has 1 aromatic carbocycles. The standard InChI is InChI=1S/C24H30FN3O2S/c1-16-10-11-17-20(14-16)31-24(27-21(29)15-28-12-6-2-3-7-13-28)22(17)23(30)26-19-9-5-4-8-18(19)25/h4-5,8-9,16H,2-3,6-7,10-15H2,1H3,(H,26,30)(H,27,29). The van der Waals surface area contributed by atoms with Crippen LogP contribution >= 0.6 is 11.3 Å². The third-order valence-electron chi connectivity index (χ3n) is 6.18. The van der Waals surface area contributed by atoms with Crippen molar-refractivity contribution in [2.24, 2.45) is 5.92 Å². The van der Waals surface area contributed by atoms with E-state index in [0.29, 0.717) is 23.0 Å². The molecular formula is C24H30FN3O2S. The molecule has 4 rings (SSSR count). The minimum atomic E-state index is -0.472. The van der Waals surface area contributed by atoms with Gasteiger partial charge in [-0.2, -0.15) is 0 Å². The number of anilines is 2. The smallest absolute Gasteiger partial charge is 0.259 e. The summed E-state index contributed by atoms with van der Waals surface area (Å²) >= 11 is 1.50. The van der Waals surface area contributed by atoms with Crippen LogP contribution in [0.1, 0.15) is 59.8 Å². The molecule has 1 aliphatic carbocycles. The van der Waals surface area contributed by atoms with Crippen LogP contribution in [0.5, 0.6) is 0 Å². The molecule has 166 valence electrons. The van der Waals surface area contributed by atoms with Gasteiger partial charge in [-0.25, -0.2) is 4.39 Å². The van der Waals surface area contributed by atoms with Gasteiger partial charge in [-0.05, 0) is 68.8 Å². The van der Waals surface area contributed by atoms with E-state index in [-0.39, 0.29) is 17.5 Å². The van der Waals surface area contributed by atoms with Gasteiger partial charge in [0.1, 0.15) is 10.8 Å². The molecule has 7 heteroatoms. The Morgan fingerprint density at radius 1 is 1.13 bits per heavy atom. The number of para-hydroxylation sites is 1. The lowest BCUT2D eigenvalue weighted by molar-refractivity contribution is -0.117. The van der Waals surface area contributed by atoms with Crippen LogP contribution in [0, 0.1) is 11.7 Å². The van der Waals surface area contributed by atoms with Crippen molar-refractivity contribution >= 4 is 33.8 Å². The van der Waals surface area contributed by atoms with Crippen molar-refractivity contribution in [1.82, 2.24) is 4.90 Å². The SMILES string of the molecule is CC1CCc2c(sc(NC(=O)CN3CCCCCC3)c2C(=O)Nc2ccccc2F)C1. The predicted molar refractivity (Wildman–Crippen MR) is 123 cm³/mol. The fourth-order valence-electron chi connectivity index (χ4n) is 4.49. The second-order valence-corrected chi connectivity index (χ2v) is 9.83. The maximum atomic E-state index is 14.1. The first kappa shape index (κ1) is 22.0. The van der Waals surface area contributed by atoms with Gasteiger partial charge in [0.15, 0.2) is 0 Å². The zero-order chi connectivity index (χ0) is 21.8. The predicted octanol–water partition coefficient (Wildman–Crippen LogP) is 5.08. The maximum absolute atomic E-state index is 14.1. The number of halogens is 1. The average molecular weight is 444 g/mol. The van der Waals surface area contributed by atoms with Gasteiger partial charge in [0.05, 0.1) is 17.8 Å². The van der Waals surface area contributed by atoms with E-state index in [4.69, 9.17) is 0 Å². The number of hydrogen-bond donors (Lipinski definition) is 2. The van der Waals surface area contributed by atoms with Gasteiger partial charge in [-0.1, -0.05) is 31.9 Å². The number of amides is 2. The summed E-state index contributed by atoms with van der Waals surface area (Å²) in [4.78, 5) is 29.4. The lowest BCUT2D eigenvalue weighted by atomic mass is 9.88. The number of likely N-dealkylation sites (tertiary alicyclic amines) is 1. The molecule has 2 amide bonds. The third-order valence-corrected chi connectivity index (χ3v) is 7.35. The van der Waals surface area contributed by atoms with Gasteiger partial charge >= 0.3 is 0 Å². The molecule has 1 aromatic heterocycles. The van der Waals surface area contributed by atoms with E-state index in [2.05, 4.69) is 22.5 Å². The molecule has 31 heavy (non-hydrogen) atoms. The molecule has 0 spiro atoms. The minimum Gasteiger partial charge on any atom is -0.319 e. The normalized spacial score (nSPS) is 19.4. The Kier molecular flexibility index (Phi) is 7.02. The summed E-state index contributed by atoms with van der Waals surface area (Å²) in [5, 5.41) is 6.31. The highest BCUT2D eigenvalue weighted by Crippen LogP contribution is 2.40. The Balaban J connectivity index is 1.55. The van der Waals surface area contributed by atoms with Gasteiger partial charge in [0.2, 0.25) is 5.91 Å². The van der Waals surface area contributed by atoms with E-state index < -0.39 is 5.82 Å². The Morgan fingerprint density at radius 3 is 2.61 bits per heavy atom. The number of thiophene rings is 1. The molecule has 0 radical (unpaired) electrons. The number of carbonyl (C=O) groups excluding carboxylic acids is 2. The van der Waals surface area contributed by atoms with Crippen LogP contribution in [0.15, 0.2) is 24.3 Å². The van der Waals surface area contributed by atoms with Crippen molar-refractivity contribution in [2.75, 3.05) is 30.3 Å². The summed E-state index contributed by atoms with van der Waals surface area (Å²) in [6, 6.07) is 6.15. The molecule has 1 atom stereocenters. The molecule has 2 heterocycles. The molecule has 2 aromatic rings. The molecule has 1 unspecified atom stereocenters. The lowest BCUT2D eigenvalue weighted by Gasteiger charge is -2.19. The highest BCUT2D eigenvalue weighted by molar-refractivity contribution is 7.17.